The molecule has 1 atom stereocenters. The van der Waals surface area contributed by atoms with Gasteiger partial charge in [0.2, 0.25) is 5.13 Å². The summed E-state index contributed by atoms with van der Waals surface area (Å²) in [6, 6.07) is 27.3. The van der Waals surface area contributed by atoms with E-state index in [-0.39, 0.29) is 16.5 Å². The molecule has 43 heavy (non-hydrogen) atoms. The average Bonchev–Trinajstić information content (AvgIpc) is 3.62. The summed E-state index contributed by atoms with van der Waals surface area (Å²) in [4.78, 5) is 32.4. The van der Waals surface area contributed by atoms with E-state index in [4.69, 9.17) is 4.74 Å². The largest absolute Gasteiger partial charge is 0.507 e. The Balaban J connectivity index is 1.29. The van der Waals surface area contributed by atoms with Crippen molar-refractivity contribution in [3.63, 3.8) is 0 Å². The highest BCUT2D eigenvalue weighted by Crippen LogP contribution is 2.44. The number of aromatic nitrogens is 3. The molecule has 0 aliphatic carbocycles. The molecule has 0 saturated carbocycles. The van der Waals surface area contributed by atoms with Crippen molar-refractivity contribution in [3.8, 4) is 5.75 Å². The number of nitrogens with zero attached hydrogens (tertiary/aromatic N) is 4. The van der Waals surface area contributed by atoms with Crippen molar-refractivity contribution in [2.45, 2.75) is 29.7 Å². The van der Waals surface area contributed by atoms with Crippen LogP contribution in [0.3, 0.4) is 0 Å². The van der Waals surface area contributed by atoms with E-state index in [1.807, 2.05) is 61.5 Å². The van der Waals surface area contributed by atoms with Gasteiger partial charge in [-0.3, -0.25) is 19.5 Å². The summed E-state index contributed by atoms with van der Waals surface area (Å²) in [5.41, 5.74) is 4.24. The first-order valence-corrected chi connectivity index (χ1v) is 15.3. The van der Waals surface area contributed by atoms with Crippen molar-refractivity contribution in [1.29, 1.82) is 0 Å². The Bertz CT molecular complexity index is 1790. The minimum absolute atomic E-state index is 0.0414. The van der Waals surface area contributed by atoms with Gasteiger partial charge in [0.15, 0.2) is 4.34 Å². The number of thioether (sulfide) groups is 1. The van der Waals surface area contributed by atoms with Gasteiger partial charge in [-0.25, -0.2) is 0 Å². The highest BCUT2D eigenvalue weighted by Gasteiger charge is 2.48. The van der Waals surface area contributed by atoms with Crippen LogP contribution < -0.4 is 9.64 Å². The highest BCUT2D eigenvalue weighted by molar-refractivity contribution is 8.00. The number of carbonyl (C=O) groups excluding carboxylic acids is 2. The van der Waals surface area contributed by atoms with Crippen LogP contribution in [-0.4, -0.2) is 32.0 Å². The molecule has 6 rings (SSSR count). The maximum absolute atomic E-state index is 13.5. The predicted octanol–water partition coefficient (Wildman–Crippen LogP) is 6.74. The first-order valence-electron chi connectivity index (χ1n) is 13.5. The number of hydrogen-bond acceptors (Lipinski definition) is 9. The second kappa shape index (κ2) is 12.6. The Hall–Kier alpha value is -4.80. The third-order valence-corrected chi connectivity index (χ3v) is 9.16. The molecule has 0 spiro atoms. The summed E-state index contributed by atoms with van der Waals surface area (Å²) in [6.07, 6.45) is 3.18. The summed E-state index contributed by atoms with van der Waals surface area (Å²) >= 11 is 2.72. The molecular formula is C33H26N4O4S2. The molecular weight excluding hydrogens is 581 g/mol. The SMILES string of the molecule is Cc1ccccc1COc1ccc(C(O)=C2C(=O)C(=O)N(c3nnc(SCc4ccccc4)s3)C2c2cccnc2)cc1. The van der Waals surface area contributed by atoms with E-state index in [9.17, 15) is 14.7 Å². The zero-order valence-electron chi connectivity index (χ0n) is 23.1. The maximum atomic E-state index is 13.5. The number of aryl methyl sites for hydroxylation is 1. The van der Waals surface area contributed by atoms with Crippen LogP contribution in [0, 0.1) is 6.92 Å². The Morgan fingerprint density at radius 3 is 2.47 bits per heavy atom. The molecule has 5 aromatic rings. The van der Waals surface area contributed by atoms with Gasteiger partial charge in [-0.05, 0) is 59.5 Å². The second-order valence-corrected chi connectivity index (χ2v) is 12.0. The summed E-state index contributed by atoms with van der Waals surface area (Å²) in [7, 11) is 0. The third kappa shape index (κ3) is 6.06. The van der Waals surface area contributed by atoms with Crippen LogP contribution in [-0.2, 0) is 21.9 Å². The smallest absolute Gasteiger partial charge is 0.301 e. The fourth-order valence-corrected chi connectivity index (χ4v) is 6.58. The Morgan fingerprint density at radius 2 is 1.72 bits per heavy atom. The first-order chi connectivity index (χ1) is 21.0. The molecule has 214 valence electrons. The fourth-order valence-electron chi connectivity index (χ4n) is 4.76. The van der Waals surface area contributed by atoms with Crippen LogP contribution >= 0.6 is 23.1 Å². The number of hydrogen-bond donors (Lipinski definition) is 1. The van der Waals surface area contributed by atoms with Crippen molar-refractivity contribution in [3.05, 3.63) is 137 Å². The first kappa shape index (κ1) is 28.3. The zero-order valence-corrected chi connectivity index (χ0v) is 24.7. The standard InChI is InChI=1S/C33H26N4O4S2/c1-21-8-5-6-11-25(21)19-41-26-15-13-23(14-16-26)29(38)27-28(24-12-7-17-34-18-24)37(31(40)30(27)39)32-35-36-33(43-32)42-20-22-9-3-2-4-10-22/h2-18,28,38H,19-20H2,1H3. The summed E-state index contributed by atoms with van der Waals surface area (Å²) in [6.45, 7) is 2.43. The third-order valence-electron chi connectivity index (χ3n) is 7.03. The number of ketones is 1. The van der Waals surface area contributed by atoms with Crippen LogP contribution in [0.4, 0.5) is 5.13 Å². The van der Waals surface area contributed by atoms with Crippen LogP contribution in [0.5, 0.6) is 5.75 Å². The molecule has 3 aromatic carbocycles. The number of ether oxygens (including phenoxy) is 1. The van der Waals surface area contributed by atoms with Crippen molar-refractivity contribution in [2.75, 3.05) is 4.90 Å². The minimum Gasteiger partial charge on any atom is -0.507 e. The normalized spacial score (nSPS) is 16.0. The Labute approximate surface area is 256 Å². The minimum atomic E-state index is -0.925. The number of amides is 1. The zero-order chi connectivity index (χ0) is 29.8. The quantitative estimate of drug-likeness (QED) is 0.0647. The van der Waals surface area contributed by atoms with Crippen molar-refractivity contribution >= 4 is 45.7 Å². The lowest BCUT2D eigenvalue weighted by Gasteiger charge is -2.22. The lowest BCUT2D eigenvalue weighted by atomic mass is 9.96. The molecule has 0 radical (unpaired) electrons. The molecule has 1 unspecified atom stereocenters. The number of anilines is 1. The Kier molecular flexibility index (Phi) is 8.30. The summed E-state index contributed by atoms with van der Waals surface area (Å²) < 4.78 is 6.60. The topological polar surface area (TPSA) is 106 Å². The van der Waals surface area contributed by atoms with E-state index in [1.165, 1.54) is 28.0 Å². The van der Waals surface area contributed by atoms with Gasteiger partial charge in [0, 0.05) is 23.7 Å². The molecule has 1 N–H and O–H groups in total. The van der Waals surface area contributed by atoms with Crippen LogP contribution in [0.2, 0.25) is 0 Å². The molecule has 1 fully saturated rings. The van der Waals surface area contributed by atoms with E-state index < -0.39 is 17.7 Å². The van der Waals surface area contributed by atoms with Crippen LogP contribution in [0.1, 0.15) is 33.9 Å². The van der Waals surface area contributed by atoms with Gasteiger partial charge in [-0.1, -0.05) is 83.8 Å². The number of aliphatic hydroxyl groups excluding tert-OH is 1. The summed E-state index contributed by atoms with van der Waals surface area (Å²) in [5.74, 6) is -0.587. The molecule has 10 heteroatoms. The maximum Gasteiger partial charge on any atom is 0.301 e. The van der Waals surface area contributed by atoms with Gasteiger partial charge in [-0.15, -0.1) is 10.2 Å². The molecule has 1 aliphatic heterocycles. The van der Waals surface area contributed by atoms with Crippen molar-refractivity contribution < 1.29 is 19.4 Å². The second-order valence-electron chi connectivity index (χ2n) is 9.82. The molecule has 1 amide bonds. The molecule has 1 aliphatic rings. The number of benzene rings is 3. The predicted molar refractivity (Wildman–Crippen MR) is 167 cm³/mol. The van der Waals surface area contributed by atoms with Gasteiger partial charge < -0.3 is 9.84 Å². The number of carbonyl (C=O) groups is 2. The number of rotatable bonds is 9. The van der Waals surface area contributed by atoms with E-state index in [1.54, 1.807) is 48.8 Å². The lowest BCUT2D eigenvalue weighted by Crippen LogP contribution is -2.29. The number of Topliss-reactive ketones (excluding diaryl/α,β-unsaturated/α-hetero) is 1. The van der Waals surface area contributed by atoms with Crippen molar-refractivity contribution in [1.82, 2.24) is 15.2 Å². The van der Waals surface area contributed by atoms with E-state index in [0.29, 0.717) is 33.6 Å². The van der Waals surface area contributed by atoms with Crippen LogP contribution in [0.15, 0.2) is 113 Å². The van der Waals surface area contributed by atoms with E-state index >= 15 is 0 Å². The van der Waals surface area contributed by atoms with Gasteiger partial charge >= 0.3 is 5.91 Å². The number of pyridine rings is 1. The lowest BCUT2D eigenvalue weighted by molar-refractivity contribution is -0.132. The highest BCUT2D eigenvalue weighted by atomic mass is 32.2. The monoisotopic (exact) mass is 606 g/mol. The van der Waals surface area contributed by atoms with Gasteiger partial charge in [0.05, 0.1) is 11.6 Å². The van der Waals surface area contributed by atoms with Crippen LogP contribution in [0.25, 0.3) is 5.76 Å². The molecule has 1 saturated heterocycles. The van der Waals surface area contributed by atoms with Crippen molar-refractivity contribution in [2.24, 2.45) is 0 Å². The molecule has 0 bridgehead atoms. The molecule has 2 aromatic heterocycles. The van der Waals surface area contributed by atoms with Gasteiger partial charge in [0.1, 0.15) is 18.1 Å². The molecule has 8 nitrogen and oxygen atoms in total. The average molecular weight is 607 g/mol. The number of aliphatic hydroxyl groups is 1. The van der Waals surface area contributed by atoms with Gasteiger partial charge in [-0.2, -0.15) is 0 Å². The van der Waals surface area contributed by atoms with E-state index in [2.05, 4.69) is 15.2 Å². The molecule has 3 heterocycles. The van der Waals surface area contributed by atoms with Gasteiger partial charge in [0.25, 0.3) is 5.78 Å². The Morgan fingerprint density at radius 1 is 0.953 bits per heavy atom. The van der Waals surface area contributed by atoms with E-state index in [0.717, 1.165) is 16.7 Å². The summed E-state index contributed by atoms with van der Waals surface area (Å²) in [5, 5.41) is 20.2. The fraction of sp³-hybridized carbons (Fsp3) is 0.121.